The van der Waals surface area contributed by atoms with Crippen LogP contribution < -0.4 is 5.32 Å². The van der Waals surface area contributed by atoms with Crippen molar-refractivity contribution in [1.82, 2.24) is 14.3 Å². The van der Waals surface area contributed by atoms with Crippen LogP contribution in [0.1, 0.15) is 11.4 Å². The average molecular weight is 206 g/mol. The molecule has 5 heteroatoms. The number of aromatic nitrogens is 3. The van der Waals surface area contributed by atoms with Crippen LogP contribution in [0.2, 0.25) is 0 Å². The fourth-order valence-electron chi connectivity index (χ4n) is 1.05. The second-order valence-corrected chi connectivity index (χ2v) is 3.61. The molecule has 0 aliphatic rings. The molecule has 0 spiro atoms. The molecular weight excluding hydrogens is 196 g/mol. The van der Waals surface area contributed by atoms with E-state index >= 15 is 0 Å². The summed E-state index contributed by atoms with van der Waals surface area (Å²) >= 11 is 1.38. The van der Waals surface area contributed by atoms with Crippen molar-refractivity contribution >= 4 is 16.7 Å². The molecule has 0 bridgehead atoms. The normalized spacial score (nSPS) is 10.1. The lowest BCUT2D eigenvalue weighted by Gasteiger charge is -2.00. The van der Waals surface area contributed by atoms with Crippen LogP contribution >= 0.6 is 11.5 Å². The van der Waals surface area contributed by atoms with Gasteiger partial charge in [0.1, 0.15) is 5.82 Å². The van der Waals surface area contributed by atoms with Gasteiger partial charge >= 0.3 is 0 Å². The lowest BCUT2D eigenvalue weighted by Crippen LogP contribution is -1.98. The maximum absolute atomic E-state index is 4.21. The van der Waals surface area contributed by atoms with Crippen LogP contribution in [-0.2, 0) is 6.54 Å². The number of nitrogens with one attached hydrogen (secondary N) is 1. The van der Waals surface area contributed by atoms with E-state index in [4.69, 9.17) is 0 Å². The van der Waals surface area contributed by atoms with E-state index in [1.165, 1.54) is 17.1 Å². The molecule has 0 aromatic carbocycles. The summed E-state index contributed by atoms with van der Waals surface area (Å²) in [6.45, 7) is 2.64. The topological polar surface area (TPSA) is 50.7 Å². The average Bonchev–Trinajstić information content (AvgIpc) is 2.63. The van der Waals surface area contributed by atoms with Gasteiger partial charge in [0.15, 0.2) is 0 Å². The van der Waals surface area contributed by atoms with E-state index in [-0.39, 0.29) is 0 Å². The molecule has 4 nitrogen and oxygen atoms in total. The molecule has 0 saturated carbocycles. The molecule has 14 heavy (non-hydrogen) atoms. The van der Waals surface area contributed by atoms with Crippen molar-refractivity contribution in [1.29, 1.82) is 0 Å². The Morgan fingerprint density at radius 1 is 1.36 bits per heavy atom. The Kier molecular flexibility index (Phi) is 2.69. The Hall–Kier alpha value is -1.49. The molecule has 2 heterocycles. The first kappa shape index (κ1) is 9.08. The summed E-state index contributed by atoms with van der Waals surface area (Å²) in [4.78, 5) is 8.16. The third kappa shape index (κ3) is 2.26. The van der Waals surface area contributed by atoms with Gasteiger partial charge in [0, 0.05) is 30.5 Å². The van der Waals surface area contributed by atoms with Gasteiger partial charge in [-0.2, -0.15) is 4.37 Å². The van der Waals surface area contributed by atoms with Crippen LogP contribution in [0.3, 0.4) is 0 Å². The number of nitrogens with zero attached hydrogens (tertiary/aromatic N) is 3. The van der Waals surface area contributed by atoms with Gasteiger partial charge in [-0.1, -0.05) is 0 Å². The molecule has 1 N–H and O–H groups in total. The van der Waals surface area contributed by atoms with Crippen LogP contribution in [0.4, 0.5) is 5.13 Å². The second-order valence-electron chi connectivity index (χ2n) is 2.86. The first-order valence-corrected chi connectivity index (χ1v) is 5.05. The third-order valence-corrected chi connectivity index (χ3v) is 2.48. The third-order valence-electron chi connectivity index (χ3n) is 1.72. The highest BCUT2D eigenvalue weighted by Crippen LogP contribution is 2.11. The standard InChI is InChI=1S/C9H10N4S/c1-7-12-9(14-13-7)11-6-8-2-4-10-5-3-8/h2-5H,6H2,1H3,(H,11,12,13). The van der Waals surface area contributed by atoms with Gasteiger partial charge in [-0.25, -0.2) is 4.98 Å². The molecule has 0 aliphatic carbocycles. The fourth-order valence-corrected chi connectivity index (χ4v) is 1.62. The zero-order valence-corrected chi connectivity index (χ0v) is 8.58. The maximum atomic E-state index is 4.21. The number of hydrogen-bond donors (Lipinski definition) is 1. The number of hydrogen-bond acceptors (Lipinski definition) is 5. The van der Waals surface area contributed by atoms with E-state index in [1.807, 2.05) is 19.1 Å². The summed E-state index contributed by atoms with van der Waals surface area (Å²) in [7, 11) is 0. The number of anilines is 1. The van der Waals surface area contributed by atoms with E-state index in [2.05, 4.69) is 19.7 Å². The van der Waals surface area contributed by atoms with E-state index in [1.54, 1.807) is 12.4 Å². The van der Waals surface area contributed by atoms with E-state index < -0.39 is 0 Å². The van der Waals surface area contributed by atoms with Gasteiger partial charge in [0.25, 0.3) is 0 Å². The lowest BCUT2D eigenvalue weighted by molar-refractivity contribution is 1.09. The van der Waals surface area contributed by atoms with Crippen molar-refractivity contribution in [3.05, 3.63) is 35.9 Å². The zero-order valence-electron chi connectivity index (χ0n) is 7.77. The number of aryl methyl sites for hydroxylation is 1. The first-order valence-electron chi connectivity index (χ1n) is 4.28. The van der Waals surface area contributed by atoms with Crippen molar-refractivity contribution in [3.63, 3.8) is 0 Å². The highest BCUT2D eigenvalue weighted by molar-refractivity contribution is 7.09. The van der Waals surface area contributed by atoms with Gasteiger partial charge in [0.05, 0.1) is 0 Å². The quantitative estimate of drug-likeness (QED) is 0.832. The summed E-state index contributed by atoms with van der Waals surface area (Å²) in [5.74, 6) is 0.812. The van der Waals surface area contributed by atoms with Crippen molar-refractivity contribution in [2.45, 2.75) is 13.5 Å². The van der Waals surface area contributed by atoms with E-state index in [0.29, 0.717) is 0 Å². The Morgan fingerprint density at radius 3 is 2.79 bits per heavy atom. The molecule has 0 atom stereocenters. The molecule has 0 radical (unpaired) electrons. The minimum atomic E-state index is 0.761. The number of pyridine rings is 1. The molecule has 2 aromatic rings. The molecule has 2 rings (SSSR count). The van der Waals surface area contributed by atoms with Crippen LogP contribution in [0.5, 0.6) is 0 Å². The Labute approximate surface area is 86.2 Å². The molecule has 0 fully saturated rings. The maximum Gasteiger partial charge on any atom is 0.202 e. The highest BCUT2D eigenvalue weighted by Gasteiger charge is 1.98. The summed E-state index contributed by atoms with van der Waals surface area (Å²) in [5, 5.41) is 4.06. The van der Waals surface area contributed by atoms with Crippen LogP contribution in [-0.4, -0.2) is 14.3 Å². The molecule has 2 aromatic heterocycles. The van der Waals surface area contributed by atoms with Gasteiger partial charge in [-0.15, -0.1) is 0 Å². The van der Waals surface area contributed by atoms with Crippen LogP contribution in [0.25, 0.3) is 0 Å². The number of rotatable bonds is 3. The largest absolute Gasteiger partial charge is 0.356 e. The predicted molar refractivity (Wildman–Crippen MR) is 56.2 cm³/mol. The summed E-state index contributed by atoms with van der Waals surface area (Å²) in [5.41, 5.74) is 1.19. The van der Waals surface area contributed by atoms with Crippen LogP contribution in [0.15, 0.2) is 24.5 Å². The van der Waals surface area contributed by atoms with E-state index in [0.717, 1.165) is 17.5 Å². The monoisotopic (exact) mass is 206 g/mol. The lowest BCUT2D eigenvalue weighted by atomic mass is 10.3. The predicted octanol–water partition coefficient (Wildman–Crippen LogP) is 1.85. The minimum absolute atomic E-state index is 0.761. The highest BCUT2D eigenvalue weighted by atomic mass is 32.1. The molecule has 0 unspecified atom stereocenters. The Balaban J connectivity index is 1.95. The zero-order chi connectivity index (χ0) is 9.80. The van der Waals surface area contributed by atoms with Crippen molar-refractivity contribution in [2.24, 2.45) is 0 Å². The first-order chi connectivity index (χ1) is 6.84. The molecular formula is C9H10N4S. The van der Waals surface area contributed by atoms with Crippen molar-refractivity contribution < 1.29 is 0 Å². The Bertz CT molecular complexity index is 398. The molecule has 0 aliphatic heterocycles. The summed E-state index contributed by atoms with van der Waals surface area (Å²) < 4.78 is 4.08. The Morgan fingerprint density at radius 2 is 2.14 bits per heavy atom. The second kappa shape index (κ2) is 4.15. The minimum Gasteiger partial charge on any atom is -0.356 e. The smallest absolute Gasteiger partial charge is 0.202 e. The summed E-state index contributed by atoms with van der Waals surface area (Å²) in [6.07, 6.45) is 3.56. The van der Waals surface area contributed by atoms with Crippen LogP contribution in [0, 0.1) is 6.92 Å². The molecule has 0 saturated heterocycles. The summed E-state index contributed by atoms with van der Waals surface area (Å²) in [6, 6.07) is 3.95. The molecule has 0 amide bonds. The van der Waals surface area contributed by atoms with E-state index in [9.17, 15) is 0 Å². The molecule has 72 valence electrons. The van der Waals surface area contributed by atoms with Gasteiger partial charge < -0.3 is 5.32 Å². The van der Waals surface area contributed by atoms with Gasteiger partial charge in [-0.05, 0) is 24.6 Å². The van der Waals surface area contributed by atoms with Gasteiger partial charge in [-0.3, -0.25) is 4.98 Å². The van der Waals surface area contributed by atoms with Crippen molar-refractivity contribution in [2.75, 3.05) is 5.32 Å². The van der Waals surface area contributed by atoms with Gasteiger partial charge in [0.2, 0.25) is 5.13 Å². The van der Waals surface area contributed by atoms with Crippen molar-refractivity contribution in [3.8, 4) is 0 Å². The fraction of sp³-hybridized carbons (Fsp3) is 0.222. The SMILES string of the molecule is Cc1nsc(NCc2ccncc2)n1.